The van der Waals surface area contributed by atoms with E-state index in [4.69, 9.17) is 14.2 Å². The lowest BCUT2D eigenvalue weighted by Gasteiger charge is -2.22. The van der Waals surface area contributed by atoms with Gasteiger partial charge in [-0.15, -0.1) is 0 Å². The maximum Gasteiger partial charge on any atom is 0.339 e. The van der Waals surface area contributed by atoms with Crippen LogP contribution in [0, 0.1) is 0 Å². The summed E-state index contributed by atoms with van der Waals surface area (Å²) in [6.07, 6.45) is 3.45. The van der Waals surface area contributed by atoms with Crippen LogP contribution in [0.3, 0.4) is 0 Å². The molecule has 25 heavy (non-hydrogen) atoms. The molecule has 0 amide bonds. The van der Waals surface area contributed by atoms with Gasteiger partial charge in [-0.2, -0.15) is 0 Å². The van der Waals surface area contributed by atoms with Gasteiger partial charge in [0.15, 0.2) is 5.78 Å². The van der Waals surface area contributed by atoms with Crippen LogP contribution in [0.5, 0.6) is 0 Å². The van der Waals surface area contributed by atoms with Crippen LogP contribution in [0.25, 0.3) is 0 Å². The second-order valence-corrected chi connectivity index (χ2v) is 5.82. The van der Waals surface area contributed by atoms with Gasteiger partial charge in [0.25, 0.3) is 0 Å². The second kappa shape index (κ2) is 10.6. The Kier molecular flexibility index (Phi) is 8.77. The number of rotatable bonds is 11. The Labute approximate surface area is 147 Å². The fourth-order valence-corrected chi connectivity index (χ4v) is 2.01. The van der Waals surface area contributed by atoms with Crippen LogP contribution in [-0.4, -0.2) is 48.1 Å². The first-order chi connectivity index (χ1) is 11.9. The number of ketones is 1. The van der Waals surface area contributed by atoms with Gasteiger partial charge in [0.1, 0.15) is 5.60 Å². The largest absolute Gasteiger partial charge is 0.466 e. The number of hydrogen-bond acceptors (Lipinski definition) is 7. The third-order valence-corrected chi connectivity index (χ3v) is 3.42. The quantitative estimate of drug-likeness (QED) is 0.446. The lowest BCUT2D eigenvalue weighted by atomic mass is 9.99. The number of carbonyl (C=O) groups excluding carboxylic acids is 3. The zero-order valence-electron chi connectivity index (χ0n) is 14.9. The van der Waals surface area contributed by atoms with Gasteiger partial charge >= 0.3 is 11.9 Å². The summed E-state index contributed by atoms with van der Waals surface area (Å²) in [6.45, 7) is 5.87. The minimum Gasteiger partial charge on any atom is -0.466 e. The first-order valence-electron chi connectivity index (χ1n) is 8.27. The van der Waals surface area contributed by atoms with Crippen molar-refractivity contribution in [3.05, 3.63) is 30.1 Å². The van der Waals surface area contributed by atoms with Gasteiger partial charge in [-0.3, -0.25) is 14.6 Å². The maximum atomic E-state index is 11.9. The molecule has 7 nitrogen and oxygen atoms in total. The van der Waals surface area contributed by atoms with Crippen molar-refractivity contribution in [2.75, 3.05) is 19.8 Å². The van der Waals surface area contributed by atoms with E-state index in [1.54, 1.807) is 32.2 Å². The summed E-state index contributed by atoms with van der Waals surface area (Å²) >= 11 is 0. The summed E-state index contributed by atoms with van der Waals surface area (Å²) in [5.41, 5.74) is -0.523. The van der Waals surface area contributed by atoms with Crippen LogP contribution in [0.1, 0.15) is 50.4 Å². The molecule has 0 aromatic carbocycles. The van der Waals surface area contributed by atoms with E-state index in [9.17, 15) is 14.4 Å². The highest BCUT2D eigenvalue weighted by atomic mass is 16.5. The molecule has 0 aliphatic heterocycles. The van der Waals surface area contributed by atoms with Crippen LogP contribution in [0.4, 0.5) is 0 Å². The summed E-state index contributed by atoms with van der Waals surface area (Å²) in [5.74, 6) is -1.07. The Bertz CT molecular complexity index is 570. The maximum absolute atomic E-state index is 11.9. The summed E-state index contributed by atoms with van der Waals surface area (Å²) in [7, 11) is 0. The topological polar surface area (TPSA) is 91.8 Å². The number of nitrogens with zero attached hydrogens (tertiary/aromatic N) is 1. The molecule has 0 saturated carbocycles. The number of ether oxygens (including phenoxy) is 3. The molecule has 0 aliphatic rings. The van der Waals surface area contributed by atoms with Crippen molar-refractivity contribution >= 4 is 17.7 Å². The van der Waals surface area contributed by atoms with Crippen molar-refractivity contribution in [2.45, 2.75) is 45.6 Å². The highest BCUT2D eigenvalue weighted by Gasteiger charge is 2.27. The molecule has 138 valence electrons. The van der Waals surface area contributed by atoms with Crippen molar-refractivity contribution in [3.63, 3.8) is 0 Å². The van der Waals surface area contributed by atoms with Gasteiger partial charge < -0.3 is 14.2 Å². The van der Waals surface area contributed by atoms with Crippen molar-refractivity contribution in [2.24, 2.45) is 0 Å². The van der Waals surface area contributed by atoms with E-state index < -0.39 is 17.5 Å². The molecule has 0 unspecified atom stereocenters. The summed E-state index contributed by atoms with van der Waals surface area (Å²) in [5, 5.41) is 0. The first-order valence-corrected chi connectivity index (χ1v) is 8.27. The molecule has 1 rings (SSSR count). The molecule has 0 fully saturated rings. The third kappa shape index (κ3) is 7.89. The lowest BCUT2D eigenvalue weighted by Crippen LogP contribution is -2.35. The molecule has 7 heteroatoms. The van der Waals surface area contributed by atoms with Crippen LogP contribution < -0.4 is 0 Å². The Morgan fingerprint density at radius 2 is 1.84 bits per heavy atom. The van der Waals surface area contributed by atoms with E-state index >= 15 is 0 Å². The Balaban J connectivity index is 2.15. The molecule has 0 N–H and O–H groups in total. The molecule has 0 aliphatic carbocycles. The van der Waals surface area contributed by atoms with Gasteiger partial charge in [0.05, 0.1) is 25.2 Å². The van der Waals surface area contributed by atoms with Gasteiger partial charge in [-0.25, -0.2) is 4.79 Å². The zero-order chi connectivity index (χ0) is 18.7. The highest BCUT2D eigenvalue weighted by molar-refractivity contribution is 5.89. The predicted octanol–water partition coefficient (Wildman–Crippen LogP) is 2.34. The van der Waals surface area contributed by atoms with Crippen molar-refractivity contribution in [1.82, 2.24) is 4.98 Å². The van der Waals surface area contributed by atoms with E-state index in [1.807, 2.05) is 6.92 Å². The summed E-state index contributed by atoms with van der Waals surface area (Å²) in [4.78, 5) is 39.0. The smallest absolute Gasteiger partial charge is 0.339 e. The average Bonchev–Trinajstić information content (AvgIpc) is 2.59. The molecule has 0 bridgehead atoms. The van der Waals surface area contributed by atoms with Crippen molar-refractivity contribution in [3.8, 4) is 0 Å². The summed E-state index contributed by atoms with van der Waals surface area (Å²) < 4.78 is 15.4. The predicted molar refractivity (Wildman–Crippen MR) is 90.0 cm³/mol. The number of Topliss-reactive ketones (excluding diaryl/α,β-unsaturated/α-hetero) is 1. The Hall–Kier alpha value is -2.28. The fourth-order valence-electron chi connectivity index (χ4n) is 2.01. The average molecular weight is 351 g/mol. The fraction of sp³-hybridized carbons (Fsp3) is 0.556. The van der Waals surface area contributed by atoms with E-state index in [0.717, 1.165) is 0 Å². The molecule has 0 spiro atoms. The first kappa shape index (κ1) is 20.8. The summed E-state index contributed by atoms with van der Waals surface area (Å²) in [6, 6.07) is 3.25. The molecule has 1 aromatic heterocycles. The minimum absolute atomic E-state index is 0.00477. The monoisotopic (exact) mass is 351 g/mol. The van der Waals surface area contributed by atoms with E-state index in [1.165, 1.54) is 6.20 Å². The minimum atomic E-state index is -0.893. The highest BCUT2D eigenvalue weighted by Crippen LogP contribution is 2.14. The molecular weight excluding hydrogens is 326 g/mol. The van der Waals surface area contributed by atoms with Gasteiger partial charge in [-0.1, -0.05) is 0 Å². The van der Waals surface area contributed by atoms with Gasteiger partial charge in [0.2, 0.25) is 0 Å². The van der Waals surface area contributed by atoms with E-state index in [2.05, 4.69) is 4.98 Å². The molecule has 0 saturated heterocycles. The molecule has 0 radical (unpaired) electrons. The van der Waals surface area contributed by atoms with Crippen LogP contribution >= 0.6 is 0 Å². The van der Waals surface area contributed by atoms with E-state index in [-0.39, 0.29) is 31.8 Å². The SMILES string of the molecule is CCOC(C)(C)C(=O)CCC(=O)OCCCOC(=O)c1cccnc1. The number of aromatic nitrogens is 1. The third-order valence-electron chi connectivity index (χ3n) is 3.42. The molecule has 0 atom stereocenters. The Morgan fingerprint density at radius 1 is 1.12 bits per heavy atom. The van der Waals surface area contributed by atoms with Gasteiger partial charge in [-0.05, 0) is 32.9 Å². The Morgan fingerprint density at radius 3 is 2.48 bits per heavy atom. The van der Waals surface area contributed by atoms with E-state index in [0.29, 0.717) is 18.6 Å². The van der Waals surface area contributed by atoms with Gasteiger partial charge in [0, 0.05) is 31.8 Å². The number of esters is 2. The van der Waals surface area contributed by atoms with Crippen molar-refractivity contribution in [1.29, 1.82) is 0 Å². The standard InChI is InChI=1S/C18H25NO6/c1-4-25-18(2,3)15(20)8-9-16(21)23-11-6-12-24-17(22)14-7-5-10-19-13-14/h5,7,10,13H,4,6,8-9,11-12H2,1-3H3. The molecular formula is C18H25NO6. The molecule has 1 heterocycles. The number of hydrogen-bond donors (Lipinski definition) is 0. The zero-order valence-corrected chi connectivity index (χ0v) is 14.9. The van der Waals surface area contributed by atoms with Crippen molar-refractivity contribution < 1.29 is 28.6 Å². The van der Waals surface area contributed by atoms with Crippen LogP contribution in [0.15, 0.2) is 24.5 Å². The van der Waals surface area contributed by atoms with Crippen LogP contribution in [-0.2, 0) is 23.8 Å². The van der Waals surface area contributed by atoms with Crippen LogP contribution in [0.2, 0.25) is 0 Å². The normalized spacial score (nSPS) is 11.0. The molecule has 1 aromatic rings. The lowest BCUT2D eigenvalue weighted by molar-refractivity contribution is -0.148. The number of carbonyl (C=O) groups is 3. The second-order valence-electron chi connectivity index (χ2n) is 5.82. The number of pyridine rings is 1.